The summed E-state index contributed by atoms with van der Waals surface area (Å²) in [6.45, 7) is 9.82. The second kappa shape index (κ2) is 5.26. The maximum Gasteiger partial charge on any atom is 0.0662 e. The first-order chi connectivity index (χ1) is 9.48. The van der Waals surface area contributed by atoms with Crippen molar-refractivity contribution >= 4 is 0 Å². The molecular formula is C17H32N2O. The third-order valence-corrected chi connectivity index (χ3v) is 6.62. The number of nitrogens with zero attached hydrogens (tertiary/aromatic N) is 1. The van der Waals surface area contributed by atoms with E-state index in [1.54, 1.807) is 0 Å². The van der Waals surface area contributed by atoms with Crippen LogP contribution in [0.5, 0.6) is 0 Å². The van der Waals surface area contributed by atoms with Crippen LogP contribution < -0.4 is 5.73 Å². The zero-order valence-electron chi connectivity index (χ0n) is 13.5. The Labute approximate surface area is 124 Å². The van der Waals surface area contributed by atoms with Gasteiger partial charge in [0.2, 0.25) is 0 Å². The summed E-state index contributed by atoms with van der Waals surface area (Å²) >= 11 is 0. The predicted molar refractivity (Wildman–Crippen MR) is 82.7 cm³/mol. The Hall–Kier alpha value is -0.120. The number of hydrogen-bond donors (Lipinski definition) is 1. The van der Waals surface area contributed by atoms with Gasteiger partial charge in [-0.3, -0.25) is 4.90 Å². The number of ether oxygens (including phenoxy) is 1. The van der Waals surface area contributed by atoms with E-state index >= 15 is 0 Å². The molecule has 2 saturated carbocycles. The first-order valence-electron chi connectivity index (χ1n) is 8.62. The molecule has 4 atom stereocenters. The minimum atomic E-state index is -0.0564. The summed E-state index contributed by atoms with van der Waals surface area (Å²) in [7, 11) is 0. The molecule has 2 aliphatic carbocycles. The molecule has 0 aromatic carbocycles. The highest BCUT2D eigenvalue weighted by Crippen LogP contribution is 2.51. The molecule has 3 nitrogen and oxygen atoms in total. The van der Waals surface area contributed by atoms with Gasteiger partial charge >= 0.3 is 0 Å². The van der Waals surface area contributed by atoms with E-state index in [9.17, 15) is 0 Å². The Balaban J connectivity index is 1.63. The van der Waals surface area contributed by atoms with Gasteiger partial charge < -0.3 is 10.5 Å². The molecule has 0 amide bonds. The molecule has 3 aliphatic rings. The lowest BCUT2D eigenvalue weighted by molar-refractivity contribution is -0.157. The second-order valence-corrected chi connectivity index (χ2v) is 7.90. The highest BCUT2D eigenvalue weighted by Gasteiger charge is 2.59. The van der Waals surface area contributed by atoms with Crippen molar-refractivity contribution in [2.45, 2.75) is 77.0 Å². The fourth-order valence-electron chi connectivity index (χ4n) is 4.84. The van der Waals surface area contributed by atoms with Gasteiger partial charge in [0.25, 0.3) is 0 Å². The fraction of sp³-hybridized carbons (Fsp3) is 1.00. The topological polar surface area (TPSA) is 38.5 Å². The van der Waals surface area contributed by atoms with Crippen molar-refractivity contribution in [2.75, 3.05) is 19.7 Å². The van der Waals surface area contributed by atoms with Gasteiger partial charge in [-0.25, -0.2) is 0 Å². The predicted octanol–water partition coefficient (Wildman–Crippen LogP) is 2.78. The summed E-state index contributed by atoms with van der Waals surface area (Å²) in [6.07, 6.45) is 8.49. The highest BCUT2D eigenvalue weighted by molar-refractivity contribution is 5.15. The minimum absolute atomic E-state index is 0.0564. The molecule has 1 heterocycles. The van der Waals surface area contributed by atoms with E-state index in [0.717, 1.165) is 31.5 Å². The van der Waals surface area contributed by atoms with E-state index in [2.05, 4.69) is 25.7 Å². The molecule has 2 N–H and O–H groups in total. The van der Waals surface area contributed by atoms with Crippen LogP contribution in [0.15, 0.2) is 0 Å². The summed E-state index contributed by atoms with van der Waals surface area (Å²) in [5, 5.41) is 0. The van der Waals surface area contributed by atoms with Crippen LogP contribution >= 0.6 is 0 Å². The summed E-state index contributed by atoms with van der Waals surface area (Å²) in [4.78, 5) is 2.72. The van der Waals surface area contributed by atoms with Crippen LogP contribution in [0, 0.1) is 11.3 Å². The van der Waals surface area contributed by atoms with Crippen LogP contribution in [-0.4, -0.2) is 42.3 Å². The molecule has 20 heavy (non-hydrogen) atoms. The summed E-state index contributed by atoms with van der Waals surface area (Å²) in [6, 6.07) is 0.825. The lowest BCUT2D eigenvalue weighted by Gasteiger charge is -2.60. The van der Waals surface area contributed by atoms with E-state index in [1.807, 2.05) is 0 Å². The lowest BCUT2D eigenvalue weighted by Crippen LogP contribution is -2.73. The zero-order valence-corrected chi connectivity index (χ0v) is 13.5. The Morgan fingerprint density at radius 3 is 2.65 bits per heavy atom. The SMILES string of the molecule is CCOC1CC(N)(CN2CCC3CCCCC32)C1(C)C. The number of likely N-dealkylation sites (tertiary alicyclic amines) is 1. The lowest BCUT2D eigenvalue weighted by atomic mass is 9.54. The smallest absolute Gasteiger partial charge is 0.0662 e. The van der Waals surface area contributed by atoms with Crippen molar-refractivity contribution in [1.29, 1.82) is 0 Å². The van der Waals surface area contributed by atoms with Gasteiger partial charge in [0.05, 0.1) is 6.10 Å². The van der Waals surface area contributed by atoms with Crippen LogP contribution in [0.25, 0.3) is 0 Å². The highest BCUT2D eigenvalue weighted by atomic mass is 16.5. The molecule has 3 rings (SSSR count). The monoisotopic (exact) mass is 280 g/mol. The molecule has 0 aromatic rings. The Morgan fingerprint density at radius 2 is 1.95 bits per heavy atom. The third-order valence-electron chi connectivity index (χ3n) is 6.62. The summed E-state index contributed by atoms with van der Waals surface area (Å²) in [5.41, 5.74) is 6.83. The Kier molecular flexibility index (Phi) is 3.89. The van der Waals surface area contributed by atoms with E-state index < -0.39 is 0 Å². The van der Waals surface area contributed by atoms with Crippen molar-refractivity contribution in [1.82, 2.24) is 4.90 Å². The molecule has 3 fully saturated rings. The zero-order chi connectivity index (χ0) is 14.4. The molecule has 0 radical (unpaired) electrons. The van der Waals surface area contributed by atoms with Gasteiger partial charge in [0, 0.05) is 30.1 Å². The first kappa shape index (κ1) is 14.8. The van der Waals surface area contributed by atoms with E-state index in [1.165, 1.54) is 38.6 Å². The van der Waals surface area contributed by atoms with E-state index in [0.29, 0.717) is 6.10 Å². The van der Waals surface area contributed by atoms with Crippen molar-refractivity contribution in [3.05, 3.63) is 0 Å². The Bertz CT molecular complexity index is 357. The molecular weight excluding hydrogens is 248 g/mol. The van der Waals surface area contributed by atoms with Gasteiger partial charge in [-0.1, -0.05) is 26.7 Å². The van der Waals surface area contributed by atoms with E-state index in [-0.39, 0.29) is 11.0 Å². The number of fused-ring (bicyclic) bond motifs is 1. The molecule has 0 aromatic heterocycles. The van der Waals surface area contributed by atoms with Gasteiger partial charge in [0.15, 0.2) is 0 Å². The van der Waals surface area contributed by atoms with Gasteiger partial charge in [-0.2, -0.15) is 0 Å². The largest absolute Gasteiger partial charge is 0.378 e. The average molecular weight is 280 g/mol. The van der Waals surface area contributed by atoms with Gasteiger partial charge in [0.1, 0.15) is 0 Å². The molecule has 116 valence electrons. The Morgan fingerprint density at radius 1 is 1.20 bits per heavy atom. The van der Waals surface area contributed by atoms with Crippen LogP contribution in [0.4, 0.5) is 0 Å². The number of nitrogens with two attached hydrogens (primary N) is 1. The van der Waals surface area contributed by atoms with Crippen LogP contribution in [-0.2, 0) is 4.74 Å². The number of rotatable bonds is 4. The molecule has 3 heteroatoms. The second-order valence-electron chi connectivity index (χ2n) is 7.90. The normalized spacial score (nSPS) is 44.1. The van der Waals surface area contributed by atoms with Crippen LogP contribution in [0.1, 0.15) is 59.3 Å². The van der Waals surface area contributed by atoms with Crippen LogP contribution in [0.2, 0.25) is 0 Å². The molecule has 0 spiro atoms. The number of hydrogen-bond acceptors (Lipinski definition) is 3. The minimum Gasteiger partial charge on any atom is -0.378 e. The third kappa shape index (κ3) is 2.22. The van der Waals surface area contributed by atoms with Crippen LogP contribution in [0.3, 0.4) is 0 Å². The fourth-order valence-corrected chi connectivity index (χ4v) is 4.84. The van der Waals surface area contributed by atoms with Gasteiger partial charge in [-0.15, -0.1) is 0 Å². The standard InChI is InChI=1S/C17H32N2O/c1-4-20-15-11-17(18,16(15,2)3)12-19-10-9-13-7-5-6-8-14(13)19/h13-15H,4-12,18H2,1-3H3. The van der Waals surface area contributed by atoms with Crippen molar-refractivity contribution in [3.8, 4) is 0 Å². The molecule has 1 aliphatic heterocycles. The van der Waals surface area contributed by atoms with Crippen molar-refractivity contribution < 1.29 is 4.74 Å². The van der Waals surface area contributed by atoms with Crippen molar-refractivity contribution in [2.24, 2.45) is 17.1 Å². The maximum absolute atomic E-state index is 6.78. The van der Waals surface area contributed by atoms with E-state index in [4.69, 9.17) is 10.5 Å². The molecule has 0 bridgehead atoms. The first-order valence-corrected chi connectivity index (χ1v) is 8.62. The van der Waals surface area contributed by atoms with Gasteiger partial charge in [-0.05, 0) is 45.1 Å². The molecule has 1 saturated heterocycles. The average Bonchev–Trinajstić information content (AvgIpc) is 2.82. The summed E-state index contributed by atoms with van der Waals surface area (Å²) in [5.74, 6) is 0.957. The maximum atomic E-state index is 6.78. The van der Waals surface area contributed by atoms with Crippen molar-refractivity contribution in [3.63, 3.8) is 0 Å². The summed E-state index contributed by atoms with van der Waals surface area (Å²) < 4.78 is 5.86. The quantitative estimate of drug-likeness (QED) is 0.860. The molecule has 4 unspecified atom stereocenters.